The summed E-state index contributed by atoms with van der Waals surface area (Å²) in [6.07, 6.45) is 71.0. The Balaban J connectivity index is 5.43. The molecule has 0 saturated heterocycles. The molecule has 0 rings (SSSR count). The molecule has 0 bridgehead atoms. The molecule has 3 unspecified atom stereocenters. The highest BCUT2D eigenvalue weighted by Crippen LogP contribution is 2.43. The Morgan fingerprint density at radius 3 is 1.37 bits per heavy atom. The Labute approximate surface area is 449 Å². The molecule has 0 aliphatic rings. The van der Waals surface area contributed by atoms with Crippen molar-refractivity contribution in [1.82, 2.24) is 5.32 Å². The maximum absolute atomic E-state index is 13.5. The van der Waals surface area contributed by atoms with Crippen LogP contribution >= 0.6 is 7.82 Å². The molecule has 3 atom stereocenters. The van der Waals surface area contributed by atoms with Crippen LogP contribution in [0.25, 0.3) is 0 Å². The van der Waals surface area contributed by atoms with Gasteiger partial charge in [-0.1, -0.05) is 220 Å². The first-order valence-electron chi connectivity index (χ1n) is 29.2. The van der Waals surface area contributed by atoms with Gasteiger partial charge in [0.05, 0.1) is 33.8 Å². The van der Waals surface area contributed by atoms with Gasteiger partial charge in [0.15, 0.2) is 0 Å². The van der Waals surface area contributed by atoms with Gasteiger partial charge in [0, 0.05) is 12.8 Å². The van der Waals surface area contributed by atoms with Gasteiger partial charge in [-0.15, -0.1) is 0 Å². The number of allylic oxidation sites excluding steroid dienone is 17. The highest BCUT2D eigenvalue weighted by Gasteiger charge is 2.30. The number of amides is 1. The number of hydrogen-bond donors (Lipinski definition) is 2. The number of carbonyl (C=O) groups is 2. The van der Waals surface area contributed by atoms with Gasteiger partial charge in [-0.05, 0) is 102 Å². The van der Waals surface area contributed by atoms with E-state index in [-0.39, 0.29) is 25.5 Å². The van der Waals surface area contributed by atoms with Crippen molar-refractivity contribution in [3.05, 3.63) is 109 Å². The first-order valence-corrected chi connectivity index (χ1v) is 30.7. The second kappa shape index (κ2) is 52.1. The number of ether oxygens (including phenoxy) is 1. The normalized spacial score (nSPS) is 14.6. The second-order valence-electron chi connectivity index (χ2n) is 20.4. The van der Waals surface area contributed by atoms with Crippen molar-refractivity contribution in [3.63, 3.8) is 0 Å². The Bertz CT molecular complexity index is 1620. The van der Waals surface area contributed by atoms with E-state index >= 15 is 0 Å². The number of nitrogens with zero attached hydrogens (tertiary/aromatic N) is 1. The van der Waals surface area contributed by atoms with Gasteiger partial charge in [0.2, 0.25) is 5.91 Å². The van der Waals surface area contributed by atoms with E-state index in [4.69, 9.17) is 13.8 Å². The van der Waals surface area contributed by atoms with Gasteiger partial charge >= 0.3 is 13.8 Å². The van der Waals surface area contributed by atoms with Crippen LogP contribution in [0.15, 0.2) is 109 Å². The van der Waals surface area contributed by atoms with Gasteiger partial charge < -0.3 is 19.4 Å². The average molecular weight is 1040 g/mol. The predicted octanol–water partition coefficient (Wildman–Crippen LogP) is 17.8. The van der Waals surface area contributed by atoms with Crippen molar-refractivity contribution in [2.24, 2.45) is 0 Å². The van der Waals surface area contributed by atoms with E-state index in [0.717, 1.165) is 96.3 Å². The predicted molar refractivity (Wildman–Crippen MR) is 313 cm³/mol. The number of hydrogen-bond acceptors (Lipinski definition) is 6. The zero-order valence-corrected chi connectivity index (χ0v) is 48.5. The van der Waals surface area contributed by atoms with Crippen molar-refractivity contribution in [2.75, 3.05) is 40.9 Å². The summed E-state index contributed by atoms with van der Waals surface area (Å²) >= 11 is 0. The molecule has 0 spiro atoms. The molecule has 9 nitrogen and oxygen atoms in total. The first kappa shape index (κ1) is 69.7. The van der Waals surface area contributed by atoms with Crippen LogP contribution < -0.4 is 5.32 Å². The van der Waals surface area contributed by atoms with Gasteiger partial charge in [0.25, 0.3) is 0 Å². The molecule has 1 amide bonds. The van der Waals surface area contributed by atoms with Crippen molar-refractivity contribution >= 4 is 19.7 Å². The fourth-order valence-electron chi connectivity index (χ4n) is 7.70. The van der Waals surface area contributed by atoms with E-state index in [0.29, 0.717) is 23.9 Å². The van der Waals surface area contributed by atoms with E-state index in [2.05, 4.69) is 111 Å². The smallest absolute Gasteiger partial charge is 0.456 e. The summed E-state index contributed by atoms with van der Waals surface area (Å²) in [6, 6.07) is -0.889. The molecule has 0 aromatic rings. The minimum Gasteiger partial charge on any atom is -0.456 e. The molecule has 10 heteroatoms. The molecule has 0 saturated carbocycles. The third kappa shape index (κ3) is 53.3. The molecule has 418 valence electrons. The number of phosphoric ester groups is 1. The molecule has 0 fully saturated rings. The van der Waals surface area contributed by atoms with Crippen molar-refractivity contribution < 1.29 is 37.3 Å². The summed E-state index contributed by atoms with van der Waals surface area (Å²) in [4.78, 5) is 37.6. The van der Waals surface area contributed by atoms with Crippen LogP contribution in [0.1, 0.15) is 226 Å². The van der Waals surface area contributed by atoms with Crippen molar-refractivity contribution in [1.29, 1.82) is 0 Å². The molecule has 2 N–H and O–H groups in total. The maximum atomic E-state index is 13.5. The first-order chi connectivity index (χ1) is 35.4. The monoisotopic (exact) mass is 1040 g/mol. The van der Waals surface area contributed by atoms with Crippen LogP contribution in [0.3, 0.4) is 0 Å². The van der Waals surface area contributed by atoms with Crippen LogP contribution in [0.4, 0.5) is 0 Å². The zero-order chi connectivity index (χ0) is 53.6. The van der Waals surface area contributed by atoms with Crippen LogP contribution in [0.2, 0.25) is 0 Å². The third-order valence-electron chi connectivity index (χ3n) is 12.2. The lowest BCUT2D eigenvalue weighted by atomic mass is 10.1. The van der Waals surface area contributed by atoms with Crippen LogP contribution in [-0.4, -0.2) is 74.3 Å². The number of carbonyl (C=O) groups excluding carboxylic acids is 2. The summed E-state index contributed by atoms with van der Waals surface area (Å²) in [7, 11) is 1.44. The Morgan fingerprint density at radius 2 is 0.890 bits per heavy atom. The van der Waals surface area contributed by atoms with Crippen LogP contribution in [-0.2, 0) is 27.9 Å². The molecule has 73 heavy (non-hydrogen) atoms. The summed E-state index contributed by atoms with van der Waals surface area (Å²) in [5, 5.41) is 3.02. The molecule has 0 aliphatic carbocycles. The van der Waals surface area contributed by atoms with Crippen molar-refractivity contribution in [2.45, 2.75) is 238 Å². The number of phosphoric acid groups is 1. The Morgan fingerprint density at radius 1 is 0.493 bits per heavy atom. The third-order valence-corrected chi connectivity index (χ3v) is 13.2. The number of likely N-dealkylation sites (N-methyl/N-ethyl adjacent to an activating group) is 1. The minimum absolute atomic E-state index is 0.0220. The highest BCUT2D eigenvalue weighted by atomic mass is 31.2. The molecular formula is C63H110N2O7P+. The minimum atomic E-state index is -4.47. The van der Waals surface area contributed by atoms with E-state index in [9.17, 15) is 19.0 Å². The fourth-order valence-corrected chi connectivity index (χ4v) is 8.44. The van der Waals surface area contributed by atoms with E-state index in [1.807, 2.05) is 45.4 Å². The Hall–Kier alpha value is -3.33. The molecule has 0 radical (unpaired) electrons. The zero-order valence-electron chi connectivity index (χ0n) is 47.6. The lowest BCUT2D eigenvalue weighted by Gasteiger charge is -2.27. The summed E-state index contributed by atoms with van der Waals surface area (Å²) in [5.41, 5.74) is 0. The largest absolute Gasteiger partial charge is 0.472 e. The highest BCUT2D eigenvalue weighted by molar-refractivity contribution is 7.47. The summed E-state index contributed by atoms with van der Waals surface area (Å²) < 4.78 is 30.5. The van der Waals surface area contributed by atoms with Crippen molar-refractivity contribution in [3.8, 4) is 0 Å². The fraction of sp³-hybridized carbons (Fsp3) is 0.683. The SMILES string of the molecule is CC/C=C\C/C=C\C/C=C\C/C=C\C/C=C\C/C=C\CCC(=O)OC(/C=C/CCCCCCCCCCC)C(COP(=O)(O)OCC[N+](C)(C)C)NC(=O)CCCCCCCCC/C=C\C/C=C\CCCCC. The van der Waals surface area contributed by atoms with E-state index in [1.165, 1.54) is 89.9 Å². The standard InChI is InChI=1S/C63H109N2O7P/c1-7-10-13-16-19-22-25-27-29-31-32-34-36-38-41-44-47-50-53-56-63(67)72-61(54-51-48-45-42-39-24-21-18-15-12-9-3)60(59-71-73(68,69)70-58-57-65(4,5)6)64-62(66)55-52-49-46-43-40-37-35-33-30-28-26-23-20-17-14-11-8-2/h10,13,19-20,22-23,27-30,32,34,38,41,47,50-51,54,60-61H,7-9,11-12,14-18,21,24-26,31,33,35-37,39-40,42-46,48-49,52-53,55-59H2,1-6H3,(H-,64,66,68,69)/p+1/b13-10-,22-19-,23-20-,29-27-,30-28-,34-32-,41-38-,50-47-,54-51+. The summed E-state index contributed by atoms with van der Waals surface area (Å²) in [5.74, 6) is -0.620. The molecule has 0 aromatic carbocycles. The second-order valence-corrected chi connectivity index (χ2v) is 21.9. The lowest BCUT2D eigenvalue weighted by Crippen LogP contribution is -2.47. The number of quaternary nitrogens is 1. The maximum Gasteiger partial charge on any atom is 0.472 e. The molecule has 0 heterocycles. The quantitative estimate of drug-likeness (QED) is 0.0205. The number of nitrogens with one attached hydrogen (secondary N) is 1. The number of esters is 1. The van der Waals surface area contributed by atoms with Gasteiger partial charge in [-0.3, -0.25) is 18.6 Å². The van der Waals surface area contributed by atoms with Crippen LogP contribution in [0, 0.1) is 0 Å². The Kier molecular flexibility index (Phi) is 49.7. The number of rotatable bonds is 51. The summed E-state index contributed by atoms with van der Waals surface area (Å²) in [6.45, 7) is 6.79. The van der Waals surface area contributed by atoms with Gasteiger partial charge in [-0.25, -0.2) is 4.57 Å². The lowest BCUT2D eigenvalue weighted by molar-refractivity contribution is -0.870. The van der Waals surface area contributed by atoms with E-state index in [1.54, 1.807) is 0 Å². The topological polar surface area (TPSA) is 111 Å². The molecule has 0 aromatic heterocycles. The van der Waals surface area contributed by atoms with E-state index < -0.39 is 25.9 Å². The number of unbranched alkanes of at least 4 members (excludes halogenated alkanes) is 19. The molecule has 0 aliphatic heterocycles. The average Bonchev–Trinajstić information content (AvgIpc) is 3.35. The van der Waals surface area contributed by atoms with Gasteiger partial charge in [-0.2, -0.15) is 0 Å². The van der Waals surface area contributed by atoms with Gasteiger partial charge in [0.1, 0.15) is 19.3 Å². The van der Waals surface area contributed by atoms with Crippen LogP contribution in [0.5, 0.6) is 0 Å². The molecular weight excluding hydrogens is 928 g/mol.